The second-order valence-electron chi connectivity index (χ2n) is 5.77. The zero-order valence-electron chi connectivity index (χ0n) is 14.0. The lowest BCUT2D eigenvalue weighted by molar-refractivity contribution is 0.102. The monoisotopic (exact) mass is 348 g/mol. The van der Waals surface area contributed by atoms with Gasteiger partial charge in [-0.05, 0) is 42.8 Å². The lowest BCUT2D eigenvalue weighted by Crippen LogP contribution is -2.14. The number of anilines is 3. The number of ether oxygens (including phenoxy) is 2. The van der Waals surface area contributed by atoms with Gasteiger partial charge in [-0.25, -0.2) is 0 Å². The summed E-state index contributed by atoms with van der Waals surface area (Å²) in [4.78, 5) is 12.3. The molecule has 3 aromatic rings. The SMILES string of the molecule is Cc1ccccc1Nc1ccc(C(=O)Nc2ccc3c(c2)OCO3)nn1. The van der Waals surface area contributed by atoms with E-state index in [4.69, 9.17) is 9.47 Å². The smallest absolute Gasteiger partial charge is 0.276 e. The zero-order valence-corrected chi connectivity index (χ0v) is 14.0. The normalized spacial score (nSPS) is 11.9. The first-order chi connectivity index (χ1) is 12.7. The van der Waals surface area contributed by atoms with Crippen molar-refractivity contribution < 1.29 is 14.3 Å². The predicted octanol–water partition coefficient (Wildman–Crippen LogP) is 3.51. The van der Waals surface area contributed by atoms with Gasteiger partial charge >= 0.3 is 0 Å². The van der Waals surface area contributed by atoms with E-state index in [0.717, 1.165) is 11.3 Å². The van der Waals surface area contributed by atoms with Crippen LogP contribution in [0.1, 0.15) is 16.1 Å². The van der Waals surface area contributed by atoms with E-state index >= 15 is 0 Å². The Kier molecular flexibility index (Phi) is 4.10. The highest BCUT2D eigenvalue weighted by Gasteiger charge is 2.15. The number of hydrogen-bond acceptors (Lipinski definition) is 6. The number of nitrogens with zero attached hydrogens (tertiary/aromatic N) is 2. The van der Waals surface area contributed by atoms with E-state index in [9.17, 15) is 4.79 Å². The number of aromatic nitrogens is 2. The third kappa shape index (κ3) is 3.27. The average molecular weight is 348 g/mol. The molecule has 2 N–H and O–H groups in total. The maximum Gasteiger partial charge on any atom is 0.276 e. The largest absolute Gasteiger partial charge is 0.454 e. The minimum absolute atomic E-state index is 0.188. The highest BCUT2D eigenvalue weighted by atomic mass is 16.7. The molecular formula is C19H16N4O3. The van der Waals surface area contributed by atoms with Gasteiger partial charge in [0.05, 0.1) is 0 Å². The van der Waals surface area contributed by atoms with Crippen molar-refractivity contribution in [3.63, 3.8) is 0 Å². The van der Waals surface area contributed by atoms with E-state index in [1.54, 1.807) is 30.3 Å². The Balaban J connectivity index is 1.44. The lowest BCUT2D eigenvalue weighted by atomic mass is 10.2. The highest BCUT2D eigenvalue weighted by Crippen LogP contribution is 2.34. The molecule has 0 atom stereocenters. The van der Waals surface area contributed by atoms with Crippen molar-refractivity contribution in [2.75, 3.05) is 17.4 Å². The number of rotatable bonds is 4. The first-order valence-electron chi connectivity index (χ1n) is 8.06. The number of carbonyl (C=O) groups is 1. The Hall–Kier alpha value is -3.61. The summed E-state index contributed by atoms with van der Waals surface area (Å²) in [5.41, 5.74) is 2.86. The quantitative estimate of drug-likeness (QED) is 0.750. The van der Waals surface area contributed by atoms with Crippen molar-refractivity contribution in [3.05, 3.63) is 65.9 Å². The zero-order chi connectivity index (χ0) is 17.9. The first-order valence-corrected chi connectivity index (χ1v) is 8.06. The first kappa shape index (κ1) is 15.9. The van der Waals surface area contributed by atoms with E-state index in [1.807, 2.05) is 31.2 Å². The van der Waals surface area contributed by atoms with Crippen LogP contribution in [-0.4, -0.2) is 22.9 Å². The van der Waals surface area contributed by atoms with Gasteiger partial charge in [0.2, 0.25) is 6.79 Å². The number of fused-ring (bicyclic) bond motifs is 1. The van der Waals surface area contributed by atoms with Crippen LogP contribution in [0.15, 0.2) is 54.6 Å². The second kappa shape index (κ2) is 6.72. The van der Waals surface area contributed by atoms with Gasteiger partial charge in [0, 0.05) is 17.4 Å². The van der Waals surface area contributed by atoms with Crippen molar-refractivity contribution in [3.8, 4) is 11.5 Å². The molecule has 7 heteroatoms. The molecule has 4 rings (SSSR count). The second-order valence-corrected chi connectivity index (χ2v) is 5.77. The molecule has 2 heterocycles. The van der Waals surface area contributed by atoms with Gasteiger partial charge < -0.3 is 20.1 Å². The molecule has 0 aliphatic carbocycles. The molecule has 0 spiro atoms. The van der Waals surface area contributed by atoms with Crippen molar-refractivity contribution in [2.45, 2.75) is 6.92 Å². The Labute approximate surface area is 150 Å². The molecule has 7 nitrogen and oxygen atoms in total. The molecule has 1 amide bonds. The average Bonchev–Trinajstić information content (AvgIpc) is 3.12. The summed E-state index contributed by atoms with van der Waals surface area (Å²) in [5, 5.41) is 14.0. The summed E-state index contributed by atoms with van der Waals surface area (Å²) in [6.07, 6.45) is 0. The van der Waals surface area contributed by atoms with E-state index < -0.39 is 0 Å². The number of nitrogens with one attached hydrogen (secondary N) is 2. The van der Waals surface area contributed by atoms with Gasteiger partial charge in [-0.15, -0.1) is 10.2 Å². The molecule has 0 radical (unpaired) electrons. The summed E-state index contributed by atoms with van der Waals surface area (Å²) >= 11 is 0. The highest BCUT2D eigenvalue weighted by molar-refractivity contribution is 6.03. The molecule has 0 bridgehead atoms. The fourth-order valence-corrected chi connectivity index (χ4v) is 2.54. The Bertz CT molecular complexity index is 957. The van der Waals surface area contributed by atoms with E-state index in [-0.39, 0.29) is 18.4 Å². The molecule has 1 aliphatic heterocycles. The number of para-hydroxylation sites is 1. The van der Waals surface area contributed by atoms with Crippen LogP contribution in [-0.2, 0) is 0 Å². The molecule has 1 aliphatic rings. The van der Waals surface area contributed by atoms with Gasteiger partial charge in [0.25, 0.3) is 5.91 Å². The molecule has 0 unspecified atom stereocenters. The fraction of sp³-hybridized carbons (Fsp3) is 0.105. The van der Waals surface area contributed by atoms with Crippen LogP contribution < -0.4 is 20.1 Å². The Morgan fingerprint density at radius 3 is 2.65 bits per heavy atom. The topological polar surface area (TPSA) is 85.4 Å². The lowest BCUT2D eigenvalue weighted by Gasteiger charge is -2.08. The number of benzene rings is 2. The standard InChI is InChI=1S/C19H16N4O3/c1-12-4-2-3-5-14(12)21-18-9-7-15(22-23-18)19(24)20-13-6-8-16-17(10-13)26-11-25-16/h2-10H,11H2,1H3,(H,20,24)(H,21,23). The van der Waals surface area contributed by atoms with Crippen LogP contribution in [0.5, 0.6) is 11.5 Å². The minimum atomic E-state index is -0.348. The number of amides is 1. The third-order valence-electron chi connectivity index (χ3n) is 3.94. The van der Waals surface area contributed by atoms with Gasteiger partial charge in [-0.1, -0.05) is 18.2 Å². The maximum absolute atomic E-state index is 12.3. The summed E-state index contributed by atoms with van der Waals surface area (Å²) in [7, 11) is 0. The molecule has 0 fully saturated rings. The third-order valence-corrected chi connectivity index (χ3v) is 3.94. The molecule has 0 saturated carbocycles. The van der Waals surface area contributed by atoms with Gasteiger partial charge in [0.1, 0.15) is 0 Å². The molecule has 0 saturated heterocycles. The van der Waals surface area contributed by atoms with Crippen LogP contribution >= 0.6 is 0 Å². The molecule has 2 aromatic carbocycles. The fourth-order valence-electron chi connectivity index (χ4n) is 2.54. The van der Waals surface area contributed by atoms with E-state index in [0.29, 0.717) is 23.0 Å². The van der Waals surface area contributed by atoms with Crippen LogP contribution in [0.4, 0.5) is 17.2 Å². The van der Waals surface area contributed by atoms with Crippen LogP contribution in [0.2, 0.25) is 0 Å². The molecule has 130 valence electrons. The van der Waals surface area contributed by atoms with Gasteiger partial charge in [-0.3, -0.25) is 4.79 Å². The van der Waals surface area contributed by atoms with E-state index in [1.165, 1.54) is 0 Å². The number of aryl methyl sites for hydroxylation is 1. The molecule has 1 aromatic heterocycles. The predicted molar refractivity (Wildman–Crippen MR) is 97.0 cm³/mol. The van der Waals surface area contributed by atoms with Crippen LogP contribution in [0.3, 0.4) is 0 Å². The van der Waals surface area contributed by atoms with Gasteiger partial charge in [-0.2, -0.15) is 0 Å². The Morgan fingerprint density at radius 1 is 1.00 bits per heavy atom. The van der Waals surface area contributed by atoms with Crippen molar-refractivity contribution in [2.24, 2.45) is 0 Å². The maximum atomic E-state index is 12.3. The Morgan fingerprint density at radius 2 is 1.85 bits per heavy atom. The van der Waals surface area contributed by atoms with Crippen LogP contribution in [0.25, 0.3) is 0 Å². The van der Waals surface area contributed by atoms with Crippen LogP contribution in [0, 0.1) is 6.92 Å². The number of hydrogen-bond donors (Lipinski definition) is 2. The summed E-state index contributed by atoms with van der Waals surface area (Å²) in [5.74, 6) is 1.49. The van der Waals surface area contributed by atoms with Crippen molar-refractivity contribution >= 4 is 23.1 Å². The number of carbonyl (C=O) groups excluding carboxylic acids is 1. The van der Waals surface area contributed by atoms with Crippen molar-refractivity contribution in [1.82, 2.24) is 10.2 Å². The summed E-state index contributed by atoms with van der Waals surface area (Å²) in [6.45, 7) is 2.19. The van der Waals surface area contributed by atoms with Crippen molar-refractivity contribution in [1.29, 1.82) is 0 Å². The molecule has 26 heavy (non-hydrogen) atoms. The summed E-state index contributed by atoms with van der Waals surface area (Å²) in [6, 6.07) is 16.4. The molecular weight excluding hydrogens is 332 g/mol. The van der Waals surface area contributed by atoms with E-state index in [2.05, 4.69) is 20.8 Å². The minimum Gasteiger partial charge on any atom is -0.454 e. The van der Waals surface area contributed by atoms with Gasteiger partial charge in [0.15, 0.2) is 23.0 Å². The summed E-state index contributed by atoms with van der Waals surface area (Å²) < 4.78 is 10.5.